The SMILES string of the molecule is CC(C)c1cc2ccccc2[cH-]1.C[Si](C)=[Zr+2].Cc1cc2c(-c3ccccc3)ccc(C)c2[cH-]1.[Cl-].[Cl-]. The summed E-state index contributed by atoms with van der Waals surface area (Å²) >= 11 is 1.74. The fraction of sp³-hybridized carbons (Fsp3) is 0.226. The summed E-state index contributed by atoms with van der Waals surface area (Å²) < 4.78 is 0. The smallest absolute Gasteiger partial charge is 0.0279 e. The summed E-state index contributed by atoms with van der Waals surface area (Å²) in [6, 6.07) is 32.7. The first-order valence-electron chi connectivity index (χ1n) is 11.7. The fourth-order valence-electron chi connectivity index (χ4n) is 3.97. The topological polar surface area (TPSA) is 0 Å². The molecule has 0 saturated heterocycles. The summed E-state index contributed by atoms with van der Waals surface area (Å²) in [6.45, 7) is 13.4. The number of hydrogen-bond acceptors (Lipinski definition) is 0. The number of aryl methyl sites for hydroxylation is 2. The molecule has 5 aromatic rings. The number of benzene rings is 3. The van der Waals surface area contributed by atoms with E-state index in [4.69, 9.17) is 0 Å². The molecular weight excluding hydrogens is 563 g/mol. The van der Waals surface area contributed by atoms with E-state index < -0.39 is 0 Å². The van der Waals surface area contributed by atoms with Gasteiger partial charge in [0.2, 0.25) is 0 Å². The van der Waals surface area contributed by atoms with Gasteiger partial charge in [0.05, 0.1) is 0 Å². The van der Waals surface area contributed by atoms with E-state index in [2.05, 4.69) is 132 Å². The molecule has 0 nitrogen and oxygen atoms in total. The molecular formula is C31H34Cl2SiZr-2. The Labute approximate surface area is 239 Å². The Bertz CT molecular complexity index is 1310. The Morgan fingerprint density at radius 3 is 1.97 bits per heavy atom. The molecule has 0 aliphatic rings. The molecule has 0 amide bonds. The van der Waals surface area contributed by atoms with Gasteiger partial charge >= 0.3 is 41.9 Å². The van der Waals surface area contributed by atoms with Crippen LogP contribution in [-0.4, -0.2) is 5.43 Å². The Balaban J connectivity index is 0.000000301. The molecule has 0 fully saturated rings. The van der Waals surface area contributed by atoms with Crippen LogP contribution in [0.4, 0.5) is 0 Å². The number of fused-ring (bicyclic) bond motifs is 2. The van der Waals surface area contributed by atoms with Crippen LogP contribution in [0.25, 0.3) is 32.7 Å². The van der Waals surface area contributed by atoms with Crippen molar-refractivity contribution in [1.29, 1.82) is 0 Å². The van der Waals surface area contributed by atoms with Crippen molar-refractivity contribution in [2.75, 3.05) is 0 Å². The van der Waals surface area contributed by atoms with E-state index in [1.165, 1.54) is 49.4 Å². The maximum Gasteiger partial charge on any atom is -0.0279 e. The van der Waals surface area contributed by atoms with E-state index in [9.17, 15) is 0 Å². The summed E-state index contributed by atoms with van der Waals surface area (Å²) in [5.74, 6) is 0.636. The average Bonchev–Trinajstić information content (AvgIpc) is 3.39. The van der Waals surface area contributed by atoms with E-state index >= 15 is 0 Å². The molecule has 0 bridgehead atoms. The Morgan fingerprint density at radius 1 is 0.771 bits per heavy atom. The molecule has 4 heteroatoms. The summed E-state index contributed by atoms with van der Waals surface area (Å²) in [6.07, 6.45) is 0. The molecule has 0 aliphatic heterocycles. The molecule has 0 N–H and O–H groups in total. The van der Waals surface area contributed by atoms with Crippen molar-refractivity contribution in [3.63, 3.8) is 0 Å². The van der Waals surface area contributed by atoms with Crippen molar-refractivity contribution >= 4 is 27.0 Å². The molecule has 5 aromatic carbocycles. The van der Waals surface area contributed by atoms with Gasteiger partial charge in [-0.15, -0.1) is 74.6 Å². The number of hydrogen-bond donors (Lipinski definition) is 0. The van der Waals surface area contributed by atoms with Crippen LogP contribution in [-0.2, 0) is 23.3 Å². The third-order valence-electron chi connectivity index (χ3n) is 5.64. The van der Waals surface area contributed by atoms with Gasteiger partial charge in [-0.25, -0.2) is 0 Å². The van der Waals surface area contributed by atoms with Crippen LogP contribution in [0.3, 0.4) is 0 Å². The summed E-state index contributed by atoms with van der Waals surface area (Å²) in [7, 11) is 0. The van der Waals surface area contributed by atoms with Gasteiger partial charge in [-0.2, -0.15) is 12.1 Å². The van der Waals surface area contributed by atoms with Crippen molar-refractivity contribution in [3.8, 4) is 11.1 Å². The van der Waals surface area contributed by atoms with Crippen molar-refractivity contribution in [2.45, 2.75) is 46.7 Å². The average molecular weight is 597 g/mol. The molecule has 0 aliphatic carbocycles. The van der Waals surface area contributed by atoms with Crippen molar-refractivity contribution in [2.24, 2.45) is 0 Å². The van der Waals surface area contributed by atoms with Crippen LogP contribution in [0.1, 0.15) is 36.5 Å². The minimum atomic E-state index is 0. The predicted octanol–water partition coefficient (Wildman–Crippen LogP) is 3.32. The molecule has 0 heterocycles. The first-order chi connectivity index (χ1) is 15.8. The summed E-state index contributed by atoms with van der Waals surface area (Å²) in [4.78, 5) is 0. The quantitative estimate of drug-likeness (QED) is 0.217. The van der Waals surface area contributed by atoms with E-state index in [-0.39, 0.29) is 30.2 Å². The Hall–Kier alpha value is -1.44. The molecule has 35 heavy (non-hydrogen) atoms. The Morgan fingerprint density at radius 2 is 1.37 bits per heavy atom. The molecule has 5 rings (SSSR count). The van der Waals surface area contributed by atoms with Gasteiger partial charge in [0.15, 0.2) is 0 Å². The van der Waals surface area contributed by atoms with E-state index in [1.807, 2.05) is 0 Å². The van der Waals surface area contributed by atoms with Crippen molar-refractivity contribution in [1.82, 2.24) is 0 Å². The maximum absolute atomic E-state index is 2.31. The zero-order chi connectivity index (χ0) is 24.0. The standard InChI is InChI=1S/C17H15.C12H13.C2H6Si.2ClH.Zr/c1-12-10-16-13(2)8-9-15(17(16)11-12)14-6-4-3-5-7-14;1-9(2)12-7-10-5-3-4-6-11(10)8-12;1-3-2;;;/h3-11H,1-2H3;3-9H,1-2H3;1-2H3;2*1H;/q2*-1;;;;+2/p-2. The monoisotopic (exact) mass is 594 g/mol. The Kier molecular flexibility index (Phi) is 13.5. The van der Waals surface area contributed by atoms with E-state index in [1.54, 1.807) is 23.3 Å². The van der Waals surface area contributed by atoms with Crippen molar-refractivity contribution in [3.05, 3.63) is 108 Å². The van der Waals surface area contributed by atoms with Crippen LogP contribution >= 0.6 is 0 Å². The van der Waals surface area contributed by atoms with Crippen molar-refractivity contribution < 1.29 is 48.1 Å². The molecule has 0 aromatic heterocycles. The van der Waals surface area contributed by atoms with Gasteiger partial charge in [0, 0.05) is 0 Å². The zero-order valence-electron chi connectivity index (χ0n) is 21.5. The largest absolute Gasteiger partial charge is 1.00 e. The van der Waals surface area contributed by atoms with Crippen LogP contribution in [0.5, 0.6) is 0 Å². The second-order valence-corrected chi connectivity index (χ2v) is 18.6. The van der Waals surface area contributed by atoms with E-state index in [0.717, 1.165) is 0 Å². The van der Waals surface area contributed by atoms with Gasteiger partial charge < -0.3 is 24.8 Å². The van der Waals surface area contributed by atoms with Gasteiger partial charge in [-0.05, 0) is 11.5 Å². The molecule has 182 valence electrons. The van der Waals surface area contributed by atoms with Crippen LogP contribution < -0.4 is 24.8 Å². The number of rotatable bonds is 2. The maximum atomic E-state index is 2.31. The molecule has 0 atom stereocenters. The van der Waals surface area contributed by atoms with Gasteiger partial charge in [-0.1, -0.05) is 75.7 Å². The first-order valence-corrected chi connectivity index (χ1v) is 17.8. The second-order valence-electron chi connectivity index (χ2n) is 9.23. The third kappa shape index (κ3) is 8.87. The molecule has 0 unspecified atom stereocenters. The predicted molar refractivity (Wildman–Crippen MR) is 146 cm³/mol. The number of halogens is 2. The van der Waals surface area contributed by atoms with Gasteiger partial charge in [0.1, 0.15) is 0 Å². The van der Waals surface area contributed by atoms with Gasteiger partial charge in [-0.3, -0.25) is 0 Å². The molecule has 0 saturated carbocycles. The first kappa shape index (κ1) is 31.6. The fourth-order valence-corrected chi connectivity index (χ4v) is 3.97. The molecule has 0 radical (unpaired) electrons. The second kappa shape index (κ2) is 15.0. The molecule has 0 spiro atoms. The summed E-state index contributed by atoms with van der Waals surface area (Å²) in [5.41, 5.74) is 6.97. The normalized spacial score (nSPS) is 9.97. The minimum absolute atomic E-state index is 0. The van der Waals surface area contributed by atoms with Gasteiger partial charge in [0.25, 0.3) is 0 Å². The van der Waals surface area contributed by atoms with Crippen LogP contribution in [0.15, 0.2) is 91.0 Å². The van der Waals surface area contributed by atoms with Crippen LogP contribution in [0.2, 0.25) is 13.1 Å². The summed E-state index contributed by atoms with van der Waals surface area (Å²) in [5, 5.41) is 5.47. The zero-order valence-corrected chi connectivity index (χ0v) is 26.5. The van der Waals surface area contributed by atoms with Crippen LogP contribution in [0, 0.1) is 13.8 Å². The minimum Gasteiger partial charge on any atom is -1.00 e. The third-order valence-corrected chi connectivity index (χ3v) is 5.64. The van der Waals surface area contributed by atoms with E-state index in [0.29, 0.717) is 5.92 Å².